The number of benzene rings is 2. The Bertz CT molecular complexity index is 1330. The van der Waals surface area contributed by atoms with Gasteiger partial charge in [-0.3, -0.25) is 4.79 Å². The van der Waals surface area contributed by atoms with Crippen LogP contribution < -0.4 is 20.5 Å². The number of para-hydroxylation sites is 1. The van der Waals surface area contributed by atoms with Crippen molar-refractivity contribution < 1.29 is 14.2 Å². The number of ether oxygens (including phenoxy) is 3. The minimum atomic E-state index is -0.113. The molecule has 2 N–H and O–H groups in total. The third-order valence-electron chi connectivity index (χ3n) is 7.82. The number of likely N-dealkylation sites (tertiary alicyclic amines) is 1. The predicted octanol–water partition coefficient (Wildman–Crippen LogP) is 4.10. The number of pyridine rings is 1. The van der Waals surface area contributed by atoms with Crippen LogP contribution in [0, 0.1) is 0 Å². The van der Waals surface area contributed by atoms with Gasteiger partial charge >= 0.3 is 0 Å². The van der Waals surface area contributed by atoms with Crippen molar-refractivity contribution in [3.8, 4) is 22.8 Å². The summed E-state index contributed by atoms with van der Waals surface area (Å²) in [5.74, 6) is 1.69. The van der Waals surface area contributed by atoms with Crippen molar-refractivity contribution in [1.29, 1.82) is 0 Å². The van der Waals surface area contributed by atoms with E-state index in [2.05, 4.69) is 50.4 Å². The molecule has 3 aliphatic heterocycles. The first kappa shape index (κ1) is 25.0. The Hall–Kier alpha value is -3.33. The molecule has 3 aromatic rings. The number of piperidine rings is 1. The number of hydrogen-bond donors (Lipinski definition) is 2. The quantitative estimate of drug-likeness (QED) is 0.383. The SMILES string of the molecule is COCCN1CCC(Nc2ccc3c(c2)Cc2cccc(-c4cc(N5CCOCC5)cc(=O)[nH]4)c2O3)CC1. The summed E-state index contributed by atoms with van der Waals surface area (Å²) in [5, 5.41) is 3.75. The fourth-order valence-electron chi connectivity index (χ4n) is 5.71. The lowest BCUT2D eigenvalue weighted by Gasteiger charge is -2.33. The van der Waals surface area contributed by atoms with Crippen molar-refractivity contribution >= 4 is 11.4 Å². The van der Waals surface area contributed by atoms with Crippen molar-refractivity contribution in [2.45, 2.75) is 25.3 Å². The summed E-state index contributed by atoms with van der Waals surface area (Å²) >= 11 is 0. The maximum Gasteiger partial charge on any atom is 0.250 e. The number of aromatic nitrogens is 1. The molecule has 2 fully saturated rings. The molecule has 0 bridgehead atoms. The molecule has 1 aromatic heterocycles. The lowest BCUT2D eigenvalue weighted by Crippen LogP contribution is -2.40. The van der Waals surface area contributed by atoms with E-state index in [1.807, 2.05) is 12.1 Å². The lowest BCUT2D eigenvalue weighted by atomic mass is 9.96. The van der Waals surface area contributed by atoms with E-state index in [1.54, 1.807) is 13.2 Å². The van der Waals surface area contributed by atoms with Crippen LogP contribution in [-0.4, -0.2) is 75.6 Å². The van der Waals surface area contributed by atoms with Crippen LogP contribution in [0.3, 0.4) is 0 Å². The number of methoxy groups -OCH3 is 1. The molecule has 8 nitrogen and oxygen atoms in total. The van der Waals surface area contributed by atoms with Gasteiger partial charge in [0, 0.05) is 80.9 Å². The van der Waals surface area contributed by atoms with Crippen LogP contribution in [0.15, 0.2) is 53.3 Å². The number of nitrogens with zero attached hydrogens (tertiary/aromatic N) is 2. The minimum absolute atomic E-state index is 0.113. The summed E-state index contributed by atoms with van der Waals surface area (Å²) in [4.78, 5) is 20.3. The lowest BCUT2D eigenvalue weighted by molar-refractivity contribution is 0.122. The second-order valence-electron chi connectivity index (χ2n) is 10.4. The van der Waals surface area contributed by atoms with Gasteiger partial charge in [0.15, 0.2) is 0 Å². The topological polar surface area (TPSA) is 79.1 Å². The van der Waals surface area contributed by atoms with Gasteiger partial charge < -0.3 is 34.3 Å². The fourth-order valence-corrected chi connectivity index (χ4v) is 5.71. The average Bonchev–Trinajstić information content (AvgIpc) is 2.95. The molecule has 0 radical (unpaired) electrons. The third-order valence-corrected chi connectivity index (χ3v) is 7.82. The summed E-state index contributed by atoms with van der Waals surface area (Å²) in [6.07, 6.45) is 3.05. The standard InChI is InChI=1S/C30H36N4O4/c1-36-14-11-33-9-7-23(8-10-33)31-24-5-6-28-22(18-24)17-21-3-2-4-26(30(21)38-28)27-19-25(20-29(35)32-27)34-12-15-37-16-13-34/h2-6,18-20,23,31H,7-17H2,1H3,(H,32,35). The number of H-pyrrole nitrogens is 1. The highest BCUT2D eigenvalue weighted by atomic mass is 16.5. The molecule has 0 saturated carbocycles. The molecule has 200 valence electrons. The fraction of sp³-hybridized carbons (Fsp3) is 0.433. The van der Waals surface area contributed by atoms with Gasteiger partial charge in [-0.2, -0.15) is 0 Å². The molecule has 2 aromatic carbocycles. The molecule has 3 aliphatic rings. The monoisotopic (exact) mass is 516 g/mol. The van der Waals surface area contributed by atoms with Crippen molar-refractivity contribution in [3.63, 3.8) is 0 Å². The van der Waals surface area contributed by atoms with E-state index >= 15 is 0 Å². The molecule has 8 heteroatoms. The zero-order chi connectivity index (χ0) is 25.9. The molecule has 2 saturated heterocycles. The number of aromatic amines is 1. The first-order chi connectivity index (χ1) is 18.7. The van der Waals surface area contributed by atoms with Gasteiger partial charge in [0.1, 0.15) is 11.5 Å². The molecule has 0 amide bonds. The Morgan fingerprint density at radius 1 is 1.03 bits per heavy atom. The smallest absolute Gasteiger partial charge is 0.250 e. The van der Waals surface area contributed by atoms with E-state index in [0.717, 1.165) is 98.3 Å². The molecule has 6 rings (SSSR count). The Morgan fingerprint density at radius 3 is 2.68 bits per heavy atom. The summed E-state index contributed by atoms with van der Waals surface area (Å²) in [7, 11) is 1.76. The Kier molecular flexibility index (Phi) is 7.35. The Morgan fingerprint density at radius 2 is 1.87 bits per heavy atom. The highest BCUT2D eigenvalue weighted by Gasteiger charge is 2.24. The zero-order valence-electron chi connectivity index (χ0n) is 22.0. The number of rotatable bonds is 7. The van der Waals surface area contributed by atoms with Crippen molar-refractivity contribution in [1.82, 2.24) is 9.88 Å². The highest BCUT2D eigenvalue weighted by molar-refractivity contribution is 5.74. The maximum atomic E-state index is 12.6. The highest BCUT2D eigenvalue weighted by Crippen LogP contribution is 2.43. The van der Waals surface area contributed by atoms with Gasteiger partial charge in [-0.15, -0.1) is 0 Å². The zero-order valence-corrected chi connectivity index (χ0v) is 22.0. The van der Waals surface area contributed by atoms with Gasteiger partial charge in [0.25, 0.3) is 0 Å². The first-order valence-electron chi connectivity index (χ1n) is 13.6. The number of fused-ring (bicyclic) bond motifs is 2. The molecule has 0 unspecified atom stereocenters. The summed E-state index contributed by atoms with van der Waals surface area (Å²) in [6, 6.07) is 16.8. The molecule has 0 atom stereocenters. The van der Waals surface area contributed by atoms with Crippen LogP contribution in [-0.2, 0) is 15.9 Å². The van der Waals surface area contributed by atoms with Crippen LogP contribution >= 0.6 is 0 Å². The van der Waals surface area contributed by atoms with E-state index in [4.69, 9.17) is 14.2 Å². The second-order valence-corrected chi connectivity index (χ2v) is 10.4. The minimum Gasteiger partial charge on any atom is -0.456 e. The Labute approximate surface area is 223 Å². The molecular weight excluding hydrogens is 480 g/mol. The van der Waals surface area contributed by atoms with E-state index in [0.29, 0.717) is 19.3 Å². The predicted molar refractivity (Wildman–Crippen MR) is 150 cm³/mol. The first-order valence-corrected chi connectivity index (χ1v) is 13.6. The maximum absolute atomic E-state index is 12.6. The van der Waals surface area contributed by atoms with Gasteiger partial charge in [0.05, 0.1) is 25.5 Å². The van der Waals surface area contributed by atoms with E-state index in [-0.39, 0.29) is 5.56 Å². The molecule has 38 heavy (non-hydrogen) atoms. The molecule has 4 heterocycles. The van der Waals surface area contributed by atoms with Crippen LogP contribution in [0.5, 0.6) is 11.5 Å². The number of nitrogens with one attached hydrogen (secondary N) is 2. The van der Waals surface area contributed by atoms with Gasteiger partial charge in [0.2, 0.25) is 5.56 Å². The van der Waals surface area contributed by atoms with Gasteiger partial charge in [-0.25, -0.2) is 0 Å². The van der Waals surface area contributed by atoms with E-state index in [1.165, 1.54) is 5.56 Å². The van der Waals surface area contributed by atoms with Gasteiger partial charge in [-0.1, -0.05) is 12.1 Å². The van der Waals surface area contributed by atoms with Crippen LogP contribution in [0.4, 0.5) is 11.4 Å². The van der Waals surface area contributed by atoms with Crippen LogP contribution in [0.25, 0.3) is 11.3 Å². The normalized spacial score (nSPS) is 18.0. The summed E-state index contributed by atoms with van der Waals surface area (Å²) in [6.45, 7) is 6.90. The third kappa shape index (κ3) is 5.43. The van der Waals surface area contributed by atoms with Crippen molar-refractivity contribution in [3.05, 3.63) is 70.0 Å². The average molecular weight is 517 g/mol. The van der Waals surface area contributed by atoms with Crippen LogP contribution in [0.1, 0.15) is 24.0 Å². The molecule has 0 spiro atoms. The summed E-state index contributed by atoms with van der Waals surface area (Å²) < 4.78 is 17.2. The summed E-state index contributed by atoms with van der Waals surface area (Å²) in [5.41, 5.74) is 5.92. The van der Waals surface area contributed by atoms with E-state index in [9.17, 15) is 4.79 Å². The van der Waals surface area contributed by atoms with Gasteiger partial charge in [-0.05, 0) is 48.7 Å². The number of hydrogen-bond acceptors (Lipinski definition) is 7. The largest absolute Gasteiger partial charge is 0.456 e. The van der Waals surface area contributed by atoms with E-state index < -0.39 is 0 Å². The van der Waals surface area contributed by atoms with Crippen molar-refractivity contribution in [2.75, 3.05) is 69.9 Å². The van der Waals surface area contributed by atoms with Crippen molar-refractivity contribution in [2.24, 2.45) is 0 Å². The number of anilines is 2. The molecular formula is C30H36N4O4. The Balaban J connectivity index is 1.19. The van der Waals surface area contributed by atoms with Crippen LogP contribution in [0.2, 0.25) is 0 Å². The second kappa shape index (κ2) is 11.2. The number of morpholine rings is 1. The molecule has 0 aliphatic carbocycles.